The molecule has 0 unspecified atom stereocenters. The molecule has 0 saturated carbocycles. The van der Waals surface area contributed by atoms with Crippen LogP contribution in [0.1, 0.15) is 24.0 Å². The second kappa shape index (κ2) is 4.95. The molecule has 0 amide bonds. The van der Waals surface area contributed by atoms with Gasteiger partial charge in [0.25, 0.3) is 0 Å². The van der Waals surface area contributed by atoms with Gasteiger partial charge in [0.2, 0.25) is 0 Å². The van der Waals surface area contributed by atoms with Crippen molar-refractivity contribution < 1.29 is 13.2 Å². The van der Waals surface area contributed by atoms with E-state index < -0.39 is 11.9 Å². The topological polar surface area (TPSA) is 80.6 Å². The number of nitrogens with zero attached hydrogens (tertiary/aromatic N) is 3. The number of hydrogen-bond acceptors (Lipinski definition) is 3. The predicted molar refractivity (Wildman–Crippen MR) is 66.8 cm³/mol. The number of imidazole rings is 1. The number of nitrogens with two attached hydrogens (primary N) is 1. The Morgan fingerprint density at radius 1 is 1.40 bits per heavy atom. The van der Waals surface area contributed by atoms with E-state index in [1.54, 1.807) is 0 Å². The summed E-state index contributed by atoms with van der Waals surface area (Å²) in [6.07, 6.45) is -1.09. The van der Waals surface area contributed by atoms with E-state index in [2.05, 4.69) is 9.97 Å². The fraction of sp³-hybridized carbons (Fsp3) is 0.250. The van der Waals surface area contributed by atoms with Crippen LogP contribution in [0.25, 0.3) is 5.82 Å². The molecule has 2 aromatic rings. The van der Waals surface area contributed by atoms with Crippen molar-refractivity contribution in [3.63, 3.8) is 0 Å². The van der Waals surface area contributed by atoms with Crippen molar-refractivity contribution in [2.24, 2.45) is 5.73 Å². The molecule has 5 nitrogen and oxygen atoms in total. The summed E-state index contributed by atoms with van der Waals surface area (Å²) in [6, 6.07) is 1.95. The van der Waals surface area contributed by atoms with Gasteiger partial charge in [-0.3, -0.25) is 9.98 Å². The number of aryl methyl sites for hydroxylation is 1. The second-order valence-corrected chi connectivity index (χ2v) is 4.05. The van der Waals surface area contributed by atoms with Gasteiger partial charge in [-0.2, -0.15) is 13.2 Å². The molecule has 2 heterocycles. The molecule has 8 heteroatoms. The number of halogens is 3. The highest BCUT2D eigenvalue weighted by molar-refractivity contribution is 5.97. The molecule has 0 saturated heterocycles. The summed E-state index contributed by atoms with van der Waals surface area (Å²) in [5.74, 6) is 0.151. The van der Waals surface area contributed by atoms with Crippen molar-refractivity contribution in [2.45, 2.75) is 19.5 Å². The molecule has 0 aromatic carbocycles. The first kappa shape index (κ1) is 14.0. The SMILES string of the molecule is CCc1nccn1-c1nc(C(F)(F)F)ccc1C(=N)N. The summed E-state index contributed by atoms with van der Waals surface area (Å²) >= 11 is 0. The third-order valence-electron chi connectivity index (χ3n) is 2.72. The molecule has 0 spiro atoms. The van der Waals surface area contributed by atoms with Crippen LogP contribution in [-0.2, 0) is 12.6 Å². The molecule has 106 valence electrons. The summed E-state index contributed by atoms with van der Waals surface area (Å²) in [7, 11) is 0. The molecule has 0 aliphatic carbocycles. The van der Waals surface area contributed by atoms with Crippen LogP contribution in [0, 0.1) is 5.41 Å². The normalized spacial score (nSPS) is 11.6. The number of aromatic nitrogens is 3. The lowest BCUT2D eigenvalue weighted by molar-refractivity contribution is -0.141. The molecular formula is C12H12F3N5. The highest BCUT2D eigenvalue weighted by Crippen LogP contribution is 2.29. The maximum Gasteiger partial charge on any atom is 0.433 e. The van der Waals surface area contributed by atoms with E-state index in [1.165, 1.54) is 17.0 Å². The van der Waals surface area contributed by atoms with E-state index in [9.17, 15) is 13.2 Å². The van der Waals surface area contributed by atoms with Gasteiger partial charge in [-0.25, -0.2) is 9.97 Å². The molecule has 0 aliphatic rings. The lowest BCUT2D eigenvalue weighted by Crippen LogP contribution is -2.19. The Balaban J connectivity index is 2.68. The number of pyridine rings is 1. The summed E-state index contributed by atoms with van der Waals surface area (Å²) in [4.78, 5) is 7.63. The van der Waals surface area contributed by atoms with E-state index in [0.717, 1.165) is 12.1 Å². The lowest BCUT2D eigenvalue weighted by Gasteiger charge is -2.13. The maximum absolute atomic E-state index is 12.8. The molecule has 0 radical (unpaired) electrons. The van der Waals surface area contributed by atoms with Crippen LogP contribution in [0.15, 0.2) is 24.5 Å². The van der Waals surface area contributed by atoms with Gasteiger partial charge >= 0.3 is 6.18 Å². The number of nitrogens with one attached hydrogen (secondary N) is 1. The number of alkyl halides is 3. The number of nitrogen functional groups attached to an aromatic ring is 1. The summed E-state index contributed by atoms with van der Waals surface area (Å²) < 4.78 is 39.7. The third kappa shape index (κ3) is 2.49. The average Bonchev–Trinajstić information content (AvgIpc) is 2.84. The monoisotopic (exact) mass is 283 g/mol. The van der Waals surface area contributed by atoms with Crippen LogP contribution in [0.4, 0.5) is 13.2 Å². The maximum atomic E-state index is 12.8. The minimum atomic E-state index is -4.56. The fourth-order valence-corrected chi connectivity index (χ4v) is 1.79. The number of rotatable bonds is 3. The van der Waals surface area contributed by atoms with Crippen molar-refractivity contribution >= 4 is 5.84 Å². The fourth-order valence-electron chi connectivity index (χ4n) is 1.79. The summed E-state index contributed by atoms with van der Waals surface area (Å²) in [5.41, 5.74) is 4.50. The van der Waals surface area contributed by atoms with Crippen molar-refractivity contribution in [2.75, 3.05) is 0 Å². The van der Waals surface area contributed by atoms with E-state index in [1.807, 2.05) is 6.92 Å². The van der Waals surface area contributed by atoms with Gasteiger partial charge in [-0.1, -0.05) is 6.92 Å². The lowest BCUT2D eigenvalue weighted by atomic mass is 10.2. The molecule has 0 fully saturated rings. The van der Waals surface area contributed by atoms with E-state index in [0.29, 0.717) is 12.2 Å². The average molecular weight is 283 g/mol. The zero-order valence-electron chi connectivity index (χ0n) is 10.6. The molecule has 0 atom stereocenters. The molecule has 0 bridgehead atoms. The molecule has 3 N–H and O–H groups in total. The molecule has 2 aromatic heterocycles. The highest BCUT2D eigenvalue weighted by atomic mass is 19.4. The largest absolute Gasteiger partial charge is 0.433 e. The first-order chi connectivity index (χ1) is 9.34. The highest BCUT2D eigenvalue weighted by Gasteiger charge is 2.33. The minimum Gasteiger partial charge on any atom is -0.384 e. The van der Waals surface area contributed by atoms with Gasteiger partial charge in [-0.05, 0) is 12.1 Å². The van der Waals surface area contributed by atoms with E-state index >= 15 is 0 Å². The van der Waals surface area contributed by atoms with Gasteiger partial charge in [0.15, 0.2) is 0 Å². The van der Waals surface area contributed by atoms with Gasteiger partial charge in [0.05, 0.1) is 5.56 Å². The zero-order chi connectivity index (χ0) is 14.9. The van der Waals surface area contributed by atoms with Gasteiger partial charge in [0, 0.05) is 18.8 Å². The first-order valence-electron chi connectivity index (χ1n) is 5.79. The van der Waals surface area contributed by atoms with Crippen molar-refractivity contribution in [3.05, 3.63) is 41.6 Å². The minimum absolute atomic E-state index is 0.0401. The zero-order valence-corrected chi connectivity index (χ0v) is 10.6. The van der Waals surface area contributed by atoms with Crippen molar-refractivity contribution in [3.8, 4) is 5.82 Å². The molecular weight excluding hydrogens is 271 g/mol. The Bertz CT molecular complexity index is 645. The van der Waals surface area contributed by atoms with Crippen LogP contribution < -0.4 is 5.73 Å². The van der Waals surface area contributed by atoms with Gasteiger partial charge < -0.3 is 5.73 Å². The van der Waals surface area contributed by atoms with E-state index in [-0.39, 0.29) is 17.2 Å². The van der Waals surface area contributed by atoms with Crippen LogP contribution >= 0.6 is 0 Å². The van der Waals surface area contributed by atoms with Gasteiger partial charge in [-0.15, -0.1) is 0 Å². The Labute approximate surface area is 112 Å². The smallest absolute Gasteiger partial charge is 0.384 e. The standard InChI is InChI=1S/C12H12F3N5/c1-2-9-18-5-6-20(9)11-7(10(16)17)3-4-8(19-11)12(13,14)15/h3-6H,2H2,1H3,(H3,16,17). The Morgan fingerprint density at radius 2 is 2.10 bits per heavy atom. The van der Waals surface area contributed by atoms with Crippen LogP contribution in [0.5, 0.6) is 0 Å². The molecule has 2 rings (SSSR count). The van der Waals surface area contributed by atoms with Crippen molar-refractivity contribution in [1.82, 2.24) is 14.5 Å². The van der Waals surface area contributed by atoms with Crippen LogP contribution in [0.2, 0.25) is 0 Å². The Hall–Kier alpha value is -2.38. The Morgan fingerprint density at radius 3 is 2.65 bits per heavy atom. The second-order valence-electron chi connectivity index (χ2n) is 4.05. The quantitative estimate of drug-likeness (QED) is 0.669. The van der Waals surface area contributed by atoms with Gasteiger partial charge in [0.1, 0.15) is 23.2 Å². The van der Waals surface area contributed by atoms with Crippen LogP contribution in [-0.4, -0.2) is 20.4 Å². The molecule has 0 aliphatic heterocycles. The number of hydrogen-bond donors (Lipinski definition) is 2. The van der Waals surface area contributed by atoms with E-state index in [4.69, 9.17) is 11.1 Å². The van der Waals surface area contributed by atoms with Crippen molar-refractivity contribution in [1.29, 1.82) is 5.41 Å². The van der Waals surface area contributed by atoms with Crippen LogP contribution in [0.3, 0.4) is 0 Å². The predicted octanol–water partition coefficient (Wildman–Crippen LogP) is 2.13. The first-order valence-corrected chi connectivity index (χ1v) is 5.79. The third-order valence-corrected chi connectivity index (χ3v) is 2.72. The molecule has 20 heavy (non-hydrogen) atoms. The Kier molecular flexibility index (Phi) is 3.47. The number of amidine groups is 1. The summed E-state index contributed by atoms with van der Waals surface area (Å²) in [6.45, 7) is 1.82. The summed E-state index contributed by atoms with van der Waals surface area (Å²) in [5, 5.41) is 7.46.